The van der Waals surface area contributed by atoms with E-state index in [4.69, 9.17) is 32.7 Å². The third kappa shape index (κ3) is 5.06. The van der Waals surface area contributed by atoms with Gasteiger partial charge in [-0.2, -0.15) is 0 Å². The van der Waals surface area contributed by atoms with Crippen LogP contribution in [0.25, 0.3) is 0 Å². The van der Waals surface area contributed by atoms with E-state index in [1.54, 1.807) is 38.1 Å². The minimum Gasteiger partial charge on any atom is -0.485 e. The Bertz CT molecular complexity index is 474. The normalized spacial score (nSPS) is 13.4. The molecule has 1 unspecified atom stereocenters. The molecule has 0 N–H and O–H groups in total. The lowest BCUT2D eigenvalue weighted by Gasteiger charge is -2.24. The van der Waals surface area contributed by atoms with Gasteiger partial charge < -0.3 is 9.47 Å². The van der Waals surface area contributed by atoms with Crippen LogP contribution in [-0.4, -0.2) is 18.2 Å². The van der Waals surface area contributed by atoms with Gasteiger partial charge in [0.15, 0.2) is 0 Å². The zero-order valence-corrected chi connectivity index (χ0v) is 13.1. The number of ether oxygens (including phenoxy) is 2. The molecule has 1 rings (SSSR count). The van der Waals surface area contributed by atoms with Crippen molar-refractivity contribution in [3.63, 3.8) is 0 Å². The standard InChI is InChI=1S/C15H18Cl2O3/c1-4-6-13(10(3)19-15(18)5-2)20-14-8-7-11(16)9-12(14)17/h4,7-10,13H,1,5-6H2,2-3H3/t10?,13-/m1/s1. The Balaban J connectivity index is 2.80. The maximum atomic E-state index is 11.3. The van der Waals surface area contributed by atoms with E-state index in [9.17, 15) is 4.79 Å². The summed E-state index contributed by atoms with van der Waals surface area (Å²) in [6.45, 7) is 7.21. The lowest BCUT2D eigenvalue weighted by molar-refractivity contribution is -0.152. The highest BCUT2D eigenvalue weighted by molar-refractivity contribution is 6.35. The molecular weight excluding hydrogens is 299 g/mol. The maximum absolute atomic E-state index is 11.3. The summed E-state index contributed by atoms with van der Waals surface area (Å²) in [5.41, 5.74) is 0. The molecule has 0 bridgehead atoms. The number of benzene rings is 1. The topological polar surface area (TPSA) is 35.5 Å². The number of carbonyl (C=O) groups excluding carboxylic acids is 1. The first kappa shape index (κ1) is 16.9. The van der Waals surface area contributed by atoms with E-state index in [1.807, 2.05) is 0 Å². The summed E-state index contributed by atoms with van der Waals surface area (Å²) >= 11 is 11.9. The second-order valence-electron chi connectivity index (χ2n) is 4.30. The van der Waals surface area contributed by atoms with Gasteiger partial charge in [-0.1, -0.05) is 36.2 Å². The molecule has 0 aromatic heterocycles. The van der Waals surface area contributed by atoms with Gasteiger partial charge in [0.2, 0.25) is 0 Å². The first-order valence-corrected chi connectivity index (χ1v) is 7.15. The second-order valence-corrected chi connectivity index (χ2v) is 5.15. The van der Waals surface area contributed by atoms with Gasteiger partial charge >= 0.3 is 5.97 Å². The van der Waals surface area contributed by atoms with Crippen LogP contribution in [0.3, 0.4) is 0 Å². The molecular formula is C15H18Cl2O3. The van der Waals surface area contributed by atoms with Crippen LogP contribution in [-0.2, 0) is 9.53 Å². The third-order valence-corrected chi connectivity index (χ3v) is 3.23. The van der Waals surface area contributed by atoms with E-state index in [0.29, 0.717) is 28.6 Å². The Morgan fingerprint density at radius 3 is 2.70 bits per heavy atom. The van der Waals surface area contributed by atoms with Crippen molar-refractivity contribution in [3.05, 3.63) is 40.9 Å². The average Bonchev–Trinajstić information content (AvgIpc) is 2.40. The maximum Gasteiger partial charge on any atom is 0.305 e. The van der Waals surface area contributed by atoms with Gasteiger partial charge in [-0.3, -0.25) is 4.79 Å². The van der Waals surface area contributed by atoms with Gasteiger partial charge in [0, 0.05) is 17.9 Å². The van der Waals surface area contributed by atoms with Crippen LogP contribution < -0.4 is 4.74 Å². The molecule has 3 nitrogen and oxygen atoms in total. The summed E-state index contributed by atoms with van der Waals surface area (Å²) in [5, 5.41) is 0.952. The van der Waals surface area contributed by atoms with Crippen molar-refractivity contribution in [2.75, 3.05) is 0 Å². The van der Waals surface area contributed by atoms with Crippen LogP contribution >= 0.6 is 23.2 Å². The highest BCUT2D eigenvalue weighted by Gasteiger charge is 2.22. The van der Waals surface area contributed by atoms with Crippen molar-refractivity contribution in [2.45, 2.75) is 38.9 Å². The Labute approximate surface area is 129 Å². The van der Waals surface area contributed by atoms with Gasteiger partial charge in [0.1, 0.15) is 18.0 Å². The first-order valence-electron chi connectivity index (χ1n) is 6.40. The van der Waals surface area contributed by atoms with Crippen molar-refractivity contribution >= 4 is 29.2 Å². The minimum absolute atomic E-state index is 0.266. The van der Waals surface area contributed by atoms with E-state index >= 15 is 0 Å². The highest BCUT2D eigenvalue weighted by Crippen LogP contribution is 2.29. The number of hydrogen-bond donors (Lipinski definition) is 0. The van der Waals surface area contributed by atoms with Crippen molar-refractivity contribution < 1.29 is 14.3 Å². The number of hydrogen-bond acceptors (Lipinski definition) is 3. The molecule has 5 heteroatoms. The van der Waals surface area contributed by atoms with E-state index in [0.717, 1.165) is 0 Å². The predicted molar refractivity (Wildman–Crippen MR) is 81.5 cm³/mol. The van der Waals surface area contributed by atoms with Gasteiger partial charge in [-0.15, -0.1) is 6.58 Å². The molecule has 0 aliphatic rings. The largest absolute Gasteiger partial charge is 0.485 e. The van der Waals surface area contributed by atoms with Crippen LogP contribution in [0.5, 0.6) is 5.75 Å². The number of esters is 1. The monoisotopic (exact) mass is 316 g/mol. The molecule has 1 aromatic carbocycles. The third-order valence-electron chi connectivity index (χ3n) is 2.70. The van der Waals surface area contributed by atoms with Crippen molar-refractivity contribution in [1.82, 2.24) is 0 Å². The zero-order valence-electron chi connectivity index (χ0n) is 11.6. The summed E-state index contributed by atoms with van der Waals surface area (Å²) in [6.07, 6.45) is 1.84. The molecule has 0 heterocycles. The molecule has 20 heavy (non-hydrogen) atoms. The predicted octanol–water partition coefficient (Wildman–Crippen LogP) is 4.66. The van der Waals surface area contributed by atoms with E-state index < -0.39 is 6.10 Å². The molecule has 0 saturated heterocycles. The number of carbonyl (C=O) groups is 1. The Morgan fingerprint density at radius 2 is 2.15 bits per heavy atom. The molecule has 0 aliphatic heterocycles. The van der Waals surface area contributed by atoms with Crippen molar-refractivity contribution in [1.29, 1.82) is 0 Å². The SMILES string of the molecule is C=CC[C@@H](Oc1ccc(Cl)cc1Cl)C(C)OC(=O)CC. The summed E-state index contributed by atoms with van der Waals surface area (Å²) < 4.78 is 11.1. The smallest absolute Gasteiger partial charge is 0.305 e. The van der Waals surface area contributed by atoms with Crippen molar-refractivity contribution in [3.8, 4) is 5.75 Å². The molecule has 0 aliphatic carbocycles. The van der Waals surface area contributed by atoms with Crippen LogP contribution in [0.2, 0.25) is 10.0 Å². The number of rotatable bonds is 7. The first-order chi connectivity index (χ1) is 9.47. The van der Waals surface area contributed by atoms with Crippen LogP contribution in [0.1, 0.15) is 26.7 Å². The lowest BCUT2D eigenvalue weighted by atomic mass is 10.1. The molecule has 2 atom stereocenters. The van der Waals surface area contributed by atoms with Crippen LogP contribution in [0.15, 0.2) is 30.9 Å². The molecule has 0 saturated carbocycles. The fourth-order valence-electron chi connectivity index (χ4n) is 1.60. The van der Waals surface area contributed by atoms with Crippen molar-refractivity contribution in [2.24, 2.45) is 0 Å². The summed E-state index contributed by atoms with van der Waals surface area (Å²) in [5.74, 6) is 0.236. The van der Waals surface area contributed by atoms with Gasteiger partial charge in [0.25, 0.3) is 0 Å². The Kier molecular flexibility index (Phi) is 6.89. The average molecular weight is 317 g/mol. The summed E-state index contributed by atoms with van der Waals surface area (Å²) in [4.78, 5) is 11.3. The van der Waals surface area contributed by atoms with Gasteiger partial charge in [-0.05, 0) is 25.1 Å². The fourth-order valence-corrected chi connectivity index (χ4v) is 2.05. The summed E-state index contributed by atoms with van der Waals surface area (Å²) in [6, 6.07) is 4.98. The van der Waals surface area contributed by atoms with Crippen LogP contribution in [0.4, 0.5) is 0 Å². The molecule has 110 valence electrons. The van der Waals surface area contributed by atoms with Crippen LogP contribution in [0, 0.1) is 0 Å². The number of halogens is 2. The van der Waals surface area contributed by atoms with Gasteiger partial charge in [0.05, 0.1) is 5.02 Å². The molecule has 0 amide bonds. The summed E-state index contributed by atoms with van der Waals surface area (Å²) in [7, 11) is 0. The van der Waals surface area contributed by atoms with E-state index in [2.05, 4.69) is 6.58 Å². The quantitative estimate of drug-likeness (QED) is 0.542. The molecule has 0 fully saturated rings. The molecule has 0 radical (unpaired) electrons. The molecule has 0 spiro atoms. The zero-order chi connectivity index (χ0) is 15.1. The van der Waals surface area contributed by atoms with E-state index in [1.165, 1.54) is 0 Å². The lowest BCUT2D eigenvalue weighted by Crippen LogP contribution is -2.33. The van der Waals surface area contributed by atoms with E-state index in [-0.39, 0.29) is 12.1 Å². The Hall–Kier alpha value is -1.19. The minimum atomic E-state index is -0.396. The molecule has 1 aromatic rings. The highest BCUT2D eigenvalue weighted by atomic mass is 35.5. The second kappa shape index (κ2) is 8.18. The fraction of sp³-hybridized carbons (Fsp3) is 0.400. The Morgan fingerprint density at radius 1 is 1.45 bits per heavy atom. The van der Waals surface area contributed by atoms with Gasteiger partial charge in [-0.25, -0.2) is 0 Å².